The number of aromatic nitrogens is 1. The number of amides is 1. The SMILES string of the molecule is CCC[CH2][Sn]([CH2]CCC)([CH2]CCC)[c]1ccc(N2CCN(C)C(C)C2)c(-c2nc(OCC[Si](C)(C)C)cc(C(F)(F)F)c2C(N)=O)c1. The molecule has 1 amide bonds. The number of primary amides is 1. The van der Waals surface area contributed by atoms with E-state index >= 15 is 0 Å². The molecule has 0 aliphatic carbocycles. The molecule has 264 valence electrons. The van der Waals surface area contributed by atoms with Crippen molar-refractivity contribution in [1.29, 1.82) is 0 Å². The van der Waals surface area contributed by atoms with Gasteiger partial charge >= 0.3 is 288 Å². The molecule has 47 heavy (non-hydrogen) atoms. The second-order valence-electron chi connectivity index (χ2n) is 14.9. The maximum atomic E-state index is 14.7. The zero-order valence-electron chi connectivity index (χ0n) is 30.2. The van der Waals surface area contributed by atoms with Gasteiger partial charge < -0.3 is 0 Å². The molecular formula is C36H59F3N4O2SiSn. The summed E-state index contributed by atoms with van der Waals surface area (Å²) in [6.45, 7) is 17.9. The van der Waals surface area contributed by atoms with E-state index < -0.39 is 49.7 Å². The van der Waals surface area contributed by atoms with Crippen LogP contribution in [-0.2, 0) is 6.18 Å². The second-order valence-corrected chi connectivity index (χ2v) is 33.7. The molecule has 2 aromatic rings. The third kappa shape index (κ3) is 10.6. The number of ether oxygens (including phenoxy) is 1. The topological polar surface area (TPSA) is 71.7 Å². The van der Waals surface area contributed by atoms with Crippen molar-refractivity contribution in [3.63, 3.8) is 0 Å². The Labute approximate surface area is 286 Å². The number of pyridine rings is 1. The fraction of sp³-hybridized carbons (Fsp3) is 0.667. The van der Waals surface area contributed by atoms with Crippen molar-refractivity contribution in [2.75, 3.05) is 38.2 Å². The number of piperazine rings is 1. The minimum absolute atomic E-state index is 0.0135. The first-order valence-corrected chi connectivity index (χ1v) is 28.9. The number of anilines is 1. The fourth-order valence-corrected chi connectivity index (χ4v) is 23.4. The Bertz CT molecular complexity index is 1310. The van der Waals surface area contributed by atoms with Gasteiger partial charge in [0.1, 0.15) is 0 Å². The van der Waals surface area contributed by atoms with E-state index in [2.05, 4.69) is 82.4 Å². The number of rotatable bonds is 17. The van der Waals surface area contributed by atoms with Crippen molar-refractivity contribution in [1.82, 2.24) is 9.88 Å². The molecule has 1 aliphatic rings. The van der Waals surface area contributed by atoms with E-state index in [-0.39, 0.29) is 24.2 Å². The molecule has 0 saturated carbocycles. The predicted octanol–water partition coefficient (Wildman–Crippen LogP) is 8.78. The molecule has 0 radical (unpaired) electrons. The number of nitrogens with two attached hydrogens (primary N) is 1. The molecule has 1 fully saturated rings. The Morgan fingerprint density at radius 3 is 2.11 bits per heavy atom. The molecule has 0 spiro atoms. The Morgan fingerprint density at radius 2 is 1.62 bits per heavy atom. The van der Waals surface area contributed by atoms with Crippen LogP contribution in [0.5, 0.6) is 5.88 Å². The number of alkyl halides is 3. The number of hydrogen-bond acceptors (Lipinski definition) is 5. The first kappa shape index (κ1) is 39.6. The van der Waals surface area contributed by atoms with E-state index in [1.54, 1.807) is 0 Å². The van der Waals surface area contributed by atoms with Gasteiger partial charge in [0, 0.05) is 0 Å². The number of nitrogens with zero attached hydrogens (tertiary/aromatic N) is 3. The van der Waals surface area contributed by atoms with Crippen LogP contribution in [0.25, 0.3) is 11.3 Å². The van der Waals surface area contributed by atoms with Gasteiger partial charge in [-0.25, -0.2) is 0 Å². The van der Waals surface area contributed by atoms with Crippen LogP contribution in [0.3, 0.4) is 0 Å². The zero-order valence-corrected chi connectivity index (χ0v) is 34.0. The standard InChI is InChI=1S/C24H32F3N4O2Si.3C4H9.Sn/c1-16-15-31(11-10-30(16)2)19-9-7-6-8-17(19)22-21(23(28)32)18(24(25,26)27)14-20(29-22)33-12-13-34(3,4)5;3*1-3-4-2;/h7-9,14,16H,10-13,15H2,1-5H3,(H2,28,32);3*1,3-4H2,2H3;. The molecule has 6 nitrogen and oxygen atoms in total. The van der Waals surface area contributed by atoms with Crippen molar-refractivity contribution >= 4 is 41.6 Å². The molecule has 1 saturated heterocycles. The van der Waals surface area contributed by atoms with Crippen molar-refractivity contribution < 1.29 is 22.7 Å². The van der Waals surface area contributed by atoms with Crippen molar-refractivity contribution in [2.24, 2.45) is 5.73 Å². The van der Waals surface area contributed by atoms with Crippen LogP contribution in [-0.4, -0.2) is 81.6 Å². The van der Waals surface area contributed by atoms with E-state index in [0.29, 0.717) is 18.7 Å². The van der Waals surface area contributed by atoms with Gasteiger partial charge in [-0.2, -0.15) is 0 Å². The van der Waals surface area contributed by atoms with Crippen LogP contribution in [0.2, 0.25) is 39.0 Å². The normalized spacial score (nSPS) is 16.5. The van der Waals surface area contributed by atoms with Crippen LogP contribution < -0.4 is 18.9 Å². The number of likely N-dealkylation sites (N-methyl/N-ethyl adjacent to an activating group) is 1. The summed E-state index contributed by atoms with van der Waals surface area (Å²) in [5, 5.41) is 0. The van der Waals surface area contributed by atoms with Crippen molar-refractivity contribution in [3.8, 4) is 17.1 Å². The molecule has 2 N–H and O–H groups in total. The van der Waals surface area contributed by atoms with Crippen molar-refractivity contribution in [3.05, 3.63) is 35.4 Å². The van der Waals surface area contributed by atoms with Gasteiger partial charge in [-0.1, -0.05) is 0 Å². The van der Waals surface area contributed by atoms with Gasteiger partial charge in [0.05, 0.1) is 0 Å². The number of carbonyl (C=O) groups is 1. The number of carbonyl (C=O) groups excluding carboxylic acids is 1. The maximum absolute atomic E-state index is 14.7. The average molecular weight is 784 g/mol. The molecule has 1 aromatic carbocycles. The average Bonchev–Trinajstić information content (AvgIpc) is 3.00. The summed E-state index contributed by atoms with van der Waals surface area (Å²) in [5.74, 6) is -1.24. The molecule has 1 aromatic heterocycles. The van der Waals surface area contributed by atoms with E-state index in [0.717, 1.165) is 62.9 Å². The fourth-order valence-electron chi connectivity index (χ4n) is 6.68. The molecular weight excluding hydrogens is 724 g/mol. The number of benzene rings is 1. The predicted molar refractivity (Wildman–Crippen MR) is 196 cm³/mol. The number of unbranched alkanes of at least 4 members (excludes halogenated alkanes) is 3. The zero-order chi connectivity index (χ0) is 35.0. The Kier molecular flexibility index (Phi) is 14.5. The molecule has 1 aliphatic heterocycles. The molecule has 3 rings (SSSR count). The van der Waals surface area contributed by atoms with Gasteiger partial charge in [0.2, 0.25) is 0 Å². The molecule has 1 unspecified atom stereocenters. The summed E-state index contributed by atoms with van der Waals surface area (Å²) in [6.07, 6.45) is 1.98. The summed E-state index contributed by atoms with van der Waals surface area (Å²) in [7, 11) is 0.565. The van der Waals surface area contributed by atoms with E-state index in [4.69, 9.17) is 15.5 Å². The van der Waals surface area contributed by atoms with Crippen molar-refractivity contribution in [2.45, 2.75) is 117 Å². The van der Waals surface area contributed by atoms with E-state index in [1.807, 2.05) is 0 Å². The summed E-state index contributed by atoms with van der Waals surface area (Å²) in [4.78, 5) is 22.3. The summed E-state index contributed by atoms with van der Waals surface area (Å²) in [6, 6.07) is 8.40. The second kappa shape index (κ2) is 17.2. The van der Waals surface area contributed by atoms with Gasteiger partial charge in [0.15, 0.2) is 0 Å². The first-order chi connectivity index (χ1) is 22.1. The number of halogens is 3. The first-order valence-electron chi connectivity index (χ1n) is 17.7. The molecule has 11 heteroatoms. The molecule has 2 heterocycles. The monoisotopic (exact) mass is 784 g/mol. The molecule has 1 atom stereocenters. The Morgan fingerprint density at radius 1 is 1.02 bits per heavy atom. The quantitative estimate of drug-likeness (QED) is 0.163. The third-order valence-electron chi connectivity index (χ3n) is 9.84. The Balaban J connectivity index is 2.39. The minimum atomic E-state index is -4.81. The van der Waals surface area contributed by atoms with Crippen LogP contribution in [0, 0.1) is 0 Å². The molecule has 0 bridgehead atoms. The summed E-state index contributed by atoms with van der Waals surface area (Å²) < 4.78 is 55.1. The van der Waals surface area contributed by atoms with E-state index in [9.17, 15) is 18.0 Å². The van der Waals surface area contributed by atoms with Gasteiger partial charge in [-0.05, 0) is 0 Å². The third-order valence-corrected chi connectivity index (χ3v) is 27.2. The van der Waals surface area contributed by atoms with Crippen LogP contribution in [0.1, 0.15) is 82.1 Å². The number of hydrogen-bond donors (Lipinski definition) is 1. The summed E-state index contributed by atoms with van der Waals surface area (Å²) in [5.41, 5.74) is 5.52. The van der Waals surface area contributed by atoms with Gasteiger partial charge in [0.25, 0.3) is 0 Å². The van der Waals surface area contributed by atoms with Crippen LogP contribution in [0.4, 0.5) is 18.9 Å². The van der Waals surface area contributed by atoms with Crippen LogP contribution >= 0.6 is 0 Å². The Hall–Kier alpha value is -1.79. The van der Waals surface area contributed by atoms with Crippen LogP contribution in [0.15, 0.2) is 24.3 Å². The van der Waals surface area contributed by atoms with Gasteiger partial charge in [-0.15, -0.1) is 0 Å². The van der Waals surface area contributed by atoms with E-state index in [1.165, 1.54) is 16.9 Å². The van der Waals surface area contributed by atoms with Gasteiger partial charge in [-0.3, -0.25) is 0 Å². The summed E-state index contributed by atoms with van der Waals surface area (Å²) >= 11 is -3.06.